The van der Waals surface area contributed by atoms with Crippen LogP contribution in [0.4, 0.5) is 0 Å². The predicted molar refractivity (Wildman–Crippen MR) is 127 cm³/mol. The maximum Gasteiger partial charge on any atom is 0.305 e. The molecule has 0 amide bonds. The summed E-state index contributed by atoms with van der Waals surface area (Å²) in [5.74, 6) is -0.439. The van der Waals surface area contributed by atoms with Gasteiger partial charge in [-0.2, -0.15) is 0 Å². The topological polar surface area (TPSA) is 63.2 Å². The molecular formula is C28H30O6. The van der Waals surface area contributed by atoms with Crippen molar-refractivity contribution in [1.29, 1.82) is 0 Å². The van der Waals surface area contributed by atoms with Gasteiger partial charge in [0, 0.05) is 6.92 Å². The first-order valence-corrected chi connectivity index (χ1v) is 11.4. The van der Waals surface area contributed by atoms with E-state index in [9.17, 15) is 4.79 Å². The number of hydrogen-bond acceptors (Lipinski definition) is 6. The summed E-state index contributed by atoms with van der Waals surface area (Å²) >= 11 is 0. The van der Waals surface area contributed by atoms with E-state index in [2.05, 4.69) is 0 Å². The van der Waals surface area contributed by atoms with Crippen molar-refractivity contribution in [2.45, 2.75) is 51.3 Å². The van der Waals surface area contributed by atoms with Crippen molar-refractivity contribution in [3.05, 3.63) is 108 Å². The second-order valence-electron chi connectivity index (χ2n) is 8.18. The number of hydrogen-bond donors (Lipinski definition) is 0. The minimum Gasteiger partial charge on any atom is -0.433 e. The van der Waals surface area contributed by atoms with Gasteiger partial charge in [-0.3, -0.25) is 4.79 Å². The summed E-state index contributed by atoms with van der Waals surface area (Å²) in [5.41, 5.74) is 3.11. The maximum absolute atomic E-state index is 11.8. The number of carbonyl (C=O) groups excluding carboxylic acids is 1. The Morgan fingerprint density at radius 1 is 0.706 bits per heavy atom. The molecule has 0 spiro atoms. The van der Waals surface area contributed by atoms with Gasteiger partial charge in [-0.15, -0.1) is 0 Å². The molecule has 3 aromatic carbocycles. The highest BCUT2D eigenvalue weighted by Crippen LogP contribution is 2.30. The van der Waals surface area contributed by atoms with Crippen LogP contribution in [0.2, 0.25) is 0 Å². The van der Waals surface area contributed by atoms with E-state index in [1.807, 2.05) is 91.0 Å². The van der Waals surface area contributed by atoms with Gasteiger partial charge in [0.25, 0.3) is 0 Å². The molecule has 0 aliphatic carbocycles. The molecule has 1 fully saturated rings. The molecule has 3 aromatic rings. The number of esters is 1. The molecule has 0 N–H and O–H groups in total. The van der Waals surface area contributed by atoms with Gasteiger partial charge in [-0.05, 0) is 16.7 Å². The minimum absolute atomic E-state index is 0.275. The van der Waals surface area contributed by atoms with E-state index in [1.54, 1.807) is 0 Å². The molecule has 34 heavy (non-hydrogen) atoms. The third kappa shape index (κ3) is 6.98. The van der Waals surface area contributed by atoms with Crippen LogP contribution in [0.3, 0.4) is 0 Å². The fourth-order valence-corrected chi connectivity index (χ4v) is 3.86. The molecule has 0 saturated carbocycles. The minimum atomic E-state index is -0.882. The number of rotatable bonds is 11. The van der Waals surface area contributed by atoms with E-state index in [0.717, 1.165) is 16.7 Å². The van der Waals surface area contributed by atoms with E-state index < -0.39 is 30.6 Å². The van der Waals surface area contributed by atoms with E-state index >= 15 is 0 Å². The lowest BCUT2D eigenvalue weighted by atomic mass is 10.1. The number of benzene rings is 3. The van der Waals surface area contributed by atoms with Gasteiger partial charge in [-0.25, -0.2) is 0 Å². The number of carbonyl (C=O) groups is 1. The van der Waals surface area contributed by atoms with Gasteiger partial charge in [0.2, 0.25) is 6.29 Å². The Hall–Kier alpha value is -3.03. The Balaban J connectivity index is 1.47. The first-order chi connectivity index (χ1) is 16.7. The summed E-state index contributed by atoms with van der Waals surface area (Å²) in [4.78, 5) is 11.8. The lowest BCUT2D eigenvalue weighted by Crippen LogP contribution is -2.40. The van der Waals surface area contributed by atoms with E-state index in [0.29, 0.717) is 19.8 Å². The highest BCUT2D eigenvalue weighted by atomic mass is 16.7. The summed E-state index contributed by atoms with van der Waals surface area (Å²) in [6.07, 6.45) is -2.42. The Labute approximate surface area is 200 Å². The second kappa shape index (κ2) is 12.4. The van der Waals surface area contributed by atoms with Crippen LogP contribution in [-0.4, -0.2) is 37.2 Å². The predicted octanol–water partition coefficient (Wildman–Crippen LogP) is 4.66. The van der Waals surface area contributed by atoms with E-state index in [-0.39, 0.29) is 6.61 Å². The van der Waals surface area contributed by atoms with Crippen LogP contribution in [-0.2, 0) is 48.3 Å². The zero-order chi connectivity index (χ0) is 23.6. The van der Waals surface area contributed by atoms with Gasteiger partial charge < -0.3 is 23.7 Å². The largest absolute Gasteiger partial charge is 0.433 e. The Bertz CT molecular complexity index is 995. The molecule has 1 unspecified atom stereocenters. The fraction of sp³-hybridized carbons (Fsp3) is 0.321. The van der Waals surface area contributed by atoms with Crippen LogP contribution < -0.4 is 0 Å². The van der Waals surface area contributed by atoms with Gasteiger partial charge >= 0.3 is 5.97 Å². The molecule has 178 valence electrons. The van der Waals surface area contributed by atoms with Crippen molar-refractivity contribution in [3.8, 4) is 0 Å². The number of ether oxygens (including phenoxy) is 5. The van der Waals surface area contributed by atoms with Crippen LogP contribution >= 0.6 is 0 Å². The normalized spacial score (nSPS) is 21.9. The maximum atomic E-state index is 11.8. The van der Waals surface area contributed by atoms with Gasteiger partial charge in [0.15, 0.2) is 0 Å². The van der Waals surface area contributed by atoms with Crippen molar-refractivity contribution < 1.29 is 28.5 Å². The van der Waals surface area contributed by atoms with Gasteiger partial charge in [-0.1, -0.05) is 91.0 Å². The van der Waals surface area contributed by atoms with Crippen molar-refractivity contribution >= 4 is 5.97 Å². The quantitative estimate of drug-likeness (QED) is 0.386. The average molecular weight is 463 g/mol. The summed E-state index contributed by atoms with van der Waals surface area (Å²) in [6.45, 7) is 2.80. The van der Waals surface area contributed by atoms with Crippen molar-refractivity contribution in [2.75, 3.05) is 6.61 Å². The zero-order valence-corrected chi connectivity index (χ0v) is 19.2. The highest BCUT2D eigenvalue weighted by molar-refractivity contribution is 5.66. The first kappa shape index (κ1) is 24.1. The lowest BCUT2D eigenvalue weighted by molar-refractivity contribution is -0.195. The zero-order valence-electron chi connectivity index (χ0n) is 19.2. The fourth-order valence-electron chi connectivity index (χ4n) is 3.86. The molecule has 0 aromatic heterocycles. The third-order valence-electron chi connectivity index (χ3n) is 5.51. The highest BCUT2D eigenvalue weighted by Gasteiger charge is 2.48. The molecule has 6 heteroatoms. The Morgan fingerprint density at radius 3 is 1.68 bits per heavy atom. The summed E-state index contributed by atoms with van der Waals surface area (Å²) in [6, 6.07) is 29.7. The van der Waals surface area contributed by atoms with Gasteiger partial charge in [0.1, 0.15) is 18.3 Å². The second-order valence-corrected chi connectivity index (χ2v) is 8.18. The smallest absolute Gasteiger partial charge is 0.305 e. The molecular weight excluding hydrogens is 432 g/mol. The lowest BCUT2D eigenvalue weighted by Gasteiger charge is -2.24. The molecule has 4 atom stereocenters. The summed E-state index contributed by atoms with van der Waals surface area (Å²) in [5, 5.41) is 0. The molecule has 0 radical (unpaired) electrons. The van der Waals surface area contributed by atoms with E-state index in [4.69, 9.17) is 23.7 Å². The standard InChI is InChI=1S/C28H30O6/c1-21(29)33-28-27(32-19-24-15-9-4-10-16-24)26(31-18-23-13-7-3-8-14-23)25(34-28)20-30-17-22-11-5-2-6-12-22/h2-16,25-28H,17-20H2,1H3/t25-,26-,27-,28?/m0/s1. The first-order valence-electron chi connectivity index (χ1n) is 11.4. The summed E-state index contributed by atoms with van der Waals surface area (Å²) < 4.78 is 30.0. The molecule has 1 aliphatic rings. The Morgan fingerprint density at radius 2 is 1.18 bits per heavy atom. The van der Waals surface area contributed by atoms with Crippen LogP contribution in [0.1, 0.15) is 23.6 Å². The van der Waals surface area contributed by atoms with Crippen LogP contribution in [0.25, 0.3) is 0 Å². The molecule has 6 nitrogen and oxygen atoms in total. The van der Waals surface area contributed by atoms with Crippen LogP contribution in [0, 0.1) is 0 Å². The van der Waals surface area contributed by atoms with Crippen LogP contribution in [0.15, 0.2) is 91.0 Å². The van der Waals surface area contributed by atoms with Crippen molar-refractivity contribution in [3.63, 3.8) is 0 Å². The monoisotopic (exact) mass is 462 g/mol. The van der Waals surface area contributed by atoms with E-state index in [1.165, 1.54) is 6.92 Å². The summed E-state index contributed by atoms with van der Waals surface area (Å²) in [7, 11) is 0. The molecule has 0 bridgehead atoms. The molecule has 1 aliphatic heterocycles. The SMILES string of the molecule is CC(=O)OC1O[C@@H](COCc2ccccc2)[C@H](OCc2ccccc2)[C@@H]1OCc1ccccc1. The average Bonchev–Trinajstić information content (AvgIpc) is 3.18. The molecule has 1 heterocycles. The Kier molecular flexibility index (Phi) is 8.82. The van der Waals surface area contributed by atoms with Crippen LogP contribution in [0.5, 0.6) is 0 Å². The molecule has 1 saturated heterocycles. The van der Waals surface area contributed by atoms with Crippen molar-refractivity contribution in [1.82, 2.24) is 0 Å². The molecule has 4 rings (SSSR count). The van der Waals surface area contributed by atoms with Gasteiger partial charge in [0.05, 0.1) is 26.4 Å². The van der Waals surface area contributed by atoms with Crippen molar-refractivity contribution in [2.24, 2.45) is 0 Å². The third-order valence-corrected chi connectivity index (χ3v) is 5.51.